The molecule has 2 aromatic heterocycles. The van der Waals surface area contributed by atoms with Crippen molar-refractivity contribution in [3.05, 3.63) is 35.5 Å². The van der Waals surface area contributed by atoms with E-state index in [9.17, 15) is 5.11 Å². The summed E-state index contributed by atoms with van der Waals surface area (Å²) in [5.74, 6) is 1.08. The number of halogens is 1. The number of aryl methyl sites for hydroxylation is 1. The van der Waals surface area contributed by atoms with Gasteiger partial charge in [-0.1, -0.05) is 0 Å². The van der Waals surface area contributed by atoms with E-state index in [2.05, 4.69) is 32.1 Å². The molecular weight excluding hydrogens is 479 g/mol. The highest BCUT2D eigenvalue weighted by atomic mass is 19.1. The molecule has 3 saturated heterocycles. The molecule has 0 amide bonds. The normalized spacial score (nSPS) is 25.4. The molecule has 1 N–H and O–H groups in total. The van der Waals surface area contributed by atoms with Gasteiger partial charge in [0.15, 0.2) is 5.82 Å². The molecule has 3 atom stereocenters. The number of aliphatic hydroxyl groups is 1. The zero-order valence-corrected chi connectivity index (χ0v) is 21.2. The molecule has 0 spiro atoms. The Labute approximate surface area is 214 Å². The van der Waals surface area contributed by atoms with E-state index >= 15 is 4.39 Å². The van der Waals surface area contributed by atoms with Crippen LogP contribution in [0.2, 0.25) is 0 Å². The number of hydrogen-bond acceptors (Lipinski definition) is 9. The number of anilines is 1. The molecule has 6 rings (SSSR count). The molecule has 37 heavy (non-hydrogen) atoms. The maximum Gasteiger partial charge on any atom is 0.320 e. The van der Waals surface area contributed by atoms with Crippen LogP contribution in [-0.4, -0.2) is 108 Å². The molecule has 0 saturated carbocycles. The van der Waals surface area contributed by atoms with Crippen molar-refractivity contribution in [2.45, 2.75) is 37.6 Å². The summed E-state index contributed by atoms with van der Waals surface area (Å²) in [6.07, 6.45) is 1.37. The zero-order valence-electron chi connectivity index (χ0n) is 21.2. The molecule has 198 valence electrons. The van der Waals surface area contributed by atoms with E-state index in [1.165, 1.54) is 7.11 Å². The molecule has 0 aliphatic carbocycles. The number of aliphatic hydroxyl groups excluding tert-OH is 1. The fourth-order valence-corrected chi connectivity index (χ4v) is 5.63. The Hall–Kier alpha value is -2.86. The number of rotatable bonds is 6. The largest absolute Gasteiger partial charge is 0.467 e. The topological polar surface area (TPSA) is 98.0 Å². The van der Waals surface area contributed by atoms with Crippen LogP contribution in [-0.2, 0) is 9.47 Å². The summed E-state index contributed by atoms with van der Waals surface area (Å²) in [6.45, 7) is 6.37. The zero-order chi connectivity index (χ0) is 25.5. The first-order chi connectivity index (χ1) is 18.0. The third-order valence-electron chi connectivity index (χ3n) is 7.81. The van der Waals surface area contributed by atoms with Gasteiger partial charge in [0.1, 0.15) is 12.0 Å². The summed E-state index contributed by atoms with van der Waals surface area (Å²) in [6, 6.07) is 6.60. The summed E-state index contributed by atoms with van der Waals surface area (Å²) in [4.78, 5) is 13.4. The number of nitrogens with zero attached hydrogens (tertiary/aromatic N) is 6. The van der Waals surface area contributed by atoms with Crippen LogP contribution in [0.25, 0.3) is 16.7 Å². The van der Waals surface area contributed by atoms with Crippen molar-refractivity contribution in [2.75, 3.05) is 64.6 Å². The maximum atomic E-state index is 15.5. The number of ether oxygens (including phenoxy) is 3. The van der Waals surface area contributed by atoms with Gasteiger partial charge in [0.05, 0.1) is 57.4 Å². The Morgan fingerprint density at radius 2 is 1.97 bits per heavy atom. The number of aromatic nitrogens is 4. The number of methoxy groups -OCH3 is 1. The summed E-state index contributed by atoms with van der Waals surface area (Å²) in [5, 5.41) is 15.1. The number of alkyl halides is 1. The average molecular weight is 513 g/mol. The Morgan fingerprint density at radius 3 is 2.70 bits per heavy atom. The number of benzene rings is 1. The minimum Gasteiger partial charge on any atom is -0.467 e. The van der Waals surface area contributed by atoms with Gasteiger partial charge in [-0.05, 0) is 43.1 Å². The number of piperidine rings is 1. The molecule has 1 aromatic carbocycles. The monoisotopic (exact) mass is 512 g/mol. The lowest BCUT2D eigenvalue weighted by Gasteiger charge is -2.43. The van der Waals surface area contributed by atoms with E-state index in [0.717, 1.165) is 35.0 Å². The SMILES string of the molecule is COc1nc(N2CCOC(CO)C2)cc(-n2ncc3cc(C)c(C4CCN(C5COC5)C[C@@H]4F)cc32)n1. The summed E-state index contributed by atoms with van der Waals surface area (Å²) < 4.78 is 33.6. The van der Waals surface area contributed by atoms with Gasteiger partial charge in [-0.15, -0.1) is 0 Å². The first-order valence-corrected chi connectivity index (χ1v) is 12.9. The summed E-state index contributed by atoms with van der Waals surface area (Å²) in [7, 11) is 1.53. The number of fused-ring (bicyclic) bond motifs is 1. The molecule has 10 nitrogen and oxygen atoms in total. The first-order valence-electron chi connectivity index (χ1n) is 12.9. The van der Waals surface area contributed by atoms with Crippen LogP contribution in [0.5, 0.6) is 6.01 Å². The Balaban J connectivity index is 1.33. The second-order valence-corrected chi connectivity index (χ2v) is 10.1. The van der Waals surface area contributed by atoms with Crippen molar-refractivity contribution in [1.29, 1.82) is 0 Å². The van der Waals surface area contributed by atoms with Crippen molar-refractivity contribution in [1.82, 2.24) is 24.6 Å². The van der Waals surface area contributed by atoms with E-state index < -0.39 is 6.17 Å². The molecular formula is C26H33FN6O4. The molecule has 11 heteroatoms. The lowest BCUT2D eigenvalue weighted by Crippen LogP contribution is -2.54. The third-order valence-corrected chi connectivity index (χ3v) is 7.81. The fraction of sp³-hybridized carbons (Fsp3) is 0.577. The highest BCUT2D eigenvalue weighted by Gasteiger charge is 2.36. The van der Waals surface area contributed by atoms with E-state index in [-0.39, 0.29) is 24.6 Å². The van der Waals surface area contributed by atoms with Crippen LogP contribution in [0, 0.1) is 6.92 Å². The van der Waals surface area contributed by atoms with Crippen molar-refractivity contribution in [3.8, 4) is 11.8 Å². The minimum atomic E-state index is -0.937. The Bertz CT molecular complexity index is 1270. The van der Waals surface area contributed by atoms with Crippen LogP contribution in [0.3, 0.4) is 0 Å². The highest BCUT2D eigenvalue weighted by molar-refractivity contribution is 5.82. The van der Waals surface area contributed by atoms with Gasteiger partial charge in [-0.2, -0.15) is 15.1 Å². The molecule has 3 aromatic rings. The van der Waals surface area contributed by atoms with Crippen molar-refractivity contribution in [2.24, 2.45) is 0 Å². The second-order valence-electron chi connectivity index (χ2n) is 10.1. The van der Waals surface area contributed by atoms with Crippen molar-refractivity contribution < 1.29 is 23.7 Å². The average Bonchev–Trinajstić information content (AvgIpc) is 3.30. The molecule has 2 unspecified atom stereocenters. The quantitative estimate of drug-likeness (QED) is 0.531. The van der Waals surface area contributed by atoms with Gasteiger partial charge >= 0.3 is 6.01 Å². The van der Waals surface area contributed by atoms with Crippen LogP contribution >= 0.6 is 0 Å². The standard InChI is InChI=1S/C26H33FN6O4/c1-16-7-17-10-28-33(23(17)8-21(16)20-3-4-31(12-22(20)27)18-14-36-15-18)25-9-24(29-26(30-25)35-2)32-5-6-37-19(11-32)13-34/h7-10,18-20,22,34H,3-6,11-15H2,1-2H3/t19?,20?,22-/m0/s1. The summed E-state index contributed by atoms with van der Waals surface area (Å²) >= 11 is 0. The van der Waals surface area contributed by atoms with E-state index in [1.54, 1.807) is 4.68 Å². The fourth-order valence-electron chi connectivity index (χ4n) is 5.63. The second kappa shape index (κ2) is 10.1. The van der Waals surface area contributed by atoms with Crippen LogP contribution in [0.15, 0.2) is 24.4 Å². The van der Waals surface area contributed by atoms with Crippen molar-refractivity contribution >= 4 is 16.7 Å². The number of morpholine rings is 1. The van der Waals surface area contributed by atoms with Crippen LogP contribution < -0.4 is 9.64 Å². The lowest BCUT2D eigenvalue weighted by molar-refractivity contribution is -0.0807. The molecule has 0 bridgehead atoms. The van der Waals surface area contributed by atoms with Gasteiger partial charge in [0.25, 0.3) is 0 Å². The lowest BCUT2D eigenvalue weighted by atomic mass is 9.84. The number of likely N-dealkylation sites (tertiary alicyclic amines) is 1. The van der Waals surface area contributed by atoms with Gasteiger partial charge in [-0.25, -0.2) is 9.07 Å². The molecule has 3 fully saturated rings. The third kappa shape index (κ3) is 4.65. The molecule has 3 aliphatic heterocycles. The summed E-state index contributed by atoms with van der Waals surface area (Å²) in [5.41, 5.74) is 2.96. The predicted octanol–water partition coefficient (Wildman–Crippen LogP) is 1.86. The Kier molecular flexibility index (Phi) is 6.70. The molecule has 5 heterocycles. The maximum absolute atomic E-state index is 15.5. The smallest absolute Gasteiger partial charge is 0.320 e. The van der Waals surface area contributed by atoms with Gasteiger partial charge < -0.3 is 24.2 Å². The van der Waals surface area contributed by atoms with E-state index in [0.29, 0.717) is 57.1 Å². The molecule has 0 radical (unpaired) electrons. The van der Waals surface area contributed by atoms with E-state index in [4.69, 9.17) is 14.2 Å². The van der Waals surface area contributed by atoms with Gasteiger partial charge in [-0.3, -0.25) is 4.90 Å². The predicted molar refractivity (Wildman–Crippen MR) is 135 cm³/mol. The van der Waals surface area contributed by atoms with Gasteiger partial charge in [0, 0.05) is 37.0 Å². The number of hydrogen-bond donors (Lipinski definition) is 1. The van der Waals surface area contributed by atoms with Crippen molar-refractivity contribution in [3.63, 3.8) is 0 Å². The van der Waals surface area contributed by atoms with Crippen LogP contribution in [0.4, 0.5) is 10.2 Å². The minimum absolute atomic E-state index is 0.0551. The van der Waals surface area contributed by atoms with Crippen LogP contribution in [0.1, 0.15) is 23.5 Å². The van der Waals surface area contributed by atoms with E-state index in [1.807, 2.05) is 24.1 Å². The first kappa shape index (κ1) is 24.5. The van der Waals surface area contributed by atoms with Gasteiger partial charge in [0.2, 0.25) is 0 Å². The highest BCUT2D eigenvalue weighted by Crippen LogP contribution is 2.36. The molecule has 3 aliphatic rings. The Morgan fingerprint density at radius 1 is 1.14 bits per heavy atom.